The fourth-order valence-corrected chi connectivity index (χ4v) is 0.831. The maximum Gasteiger partial charge on any atom is 0.513 e. The summed E-state index contributed by atoms with van der Waals surface area (Å²) in [4.78, 5) is 21.3. The van der Waals surface area contributed by atoms with Crippen LogP contribution in [0.5, 0.6) is 5.95 Å². The fraction of sp³-hybridized carbons (Fsp3) is 0.286. The van der Waals surface area contributed by atoms with Crippen molar-refractivity contribution in [3.8, 4) is 5.95 Å². The molecule has 7 heteroatoms. The van der Waals surface area contributed by atoms with Crippen LogP contribution < -0.4 is 4.74 Å². The second-order valence-corrected chi connectivity index (χ2v) is 2.29. The van der Waals surface area contributed by atoms with Crippen LogP contribution in [0.2, 0.25) is 0 Å². The van der Waals surface area contributed by atoms with Gasteiger partial charge in [-0.15, -0.1) is 0 Å². The number of carbonyl (C=O) groups excluding carboxylic acids is 1. The molecule has 0 aliphatic rings. The SMILES string of the molecule is COC(=O)c1c(C)noc1OC(=O)O. The van der Waals surface area contributed by atoms with E-state index in [4.69, 9.17) is 5.11 Å². The molecule has 0 saturated carbocycles. The molecule has 1 aromatic heterocycles. The van der Waals surface area contributed by atoms with Gasteiger partial charge in [0, 0.05) is 0 Å². The molecule has 0 unspecified atom stereocenters. The molecule has 0 aliphatic carbocycles. The van der Waals surface area contributed by atoms with Crippen molar-refractivity contribution in [2.24, 2.45) is 0 Å². The summed E-state index contributed by atoms with van der Waals surface area (Å²) < 4.78 is 13.0. The molecule has 0 aromatic carbocycles. The van der Waals surface area contributed by atoms with Crippen molar-refractivity contribution in [1.29, 1.82) is 0 Å². The summed E-state index contributed by atoms with van der Waals surface area (Å²) in [7, 11) is 1.15. The monoisotopic (exact) mass is 201 g/mol. The van der Waals surface area contributed by atoms with Crippen molar-refractivity contribution in [3.05, 3.63) is 11.3 Å². The number of rotatable bonds is 2. The summed E-state index contributed by atoms with van der Waals surface area (Å²) in [6.07, 6.45) is -1.59. The van der Waals surface area contributed by atoms with Gasteiger partial charge in [0.1, 0.15) is 0 Å². The number of nitrogens with zero attached hydrogens (tertiary/aromatic N) is 1. The predicted molar refractivity (Wildman–Crippen MR) is 41.2 cm³/mol. The summed E-state index contributed by atoms with van der Waals surface area (Å²) in [5, 5.41) is 11.7. The topological polar surface area (TPSA) is 98.9 Å². The first-order chi connectivity index (χ1) is 6.56. The summed E-state index contributed by atoms with van der Waals surface area (Å²) >= 11 is 0. The van der Waals surface area contributed by atoms with Crippen LogP contribution in [0.3, 0.4) is 0 Å². The van der Waals surface area contributed by atoms with Gasteiger partial charge < -0.3 is 19.1 Å². The van der Waals surface area contributed by atoms with Crippen LogP contribution in [0.4, 0.5) is 4.79 Å². The number of carboxylic acid groups (broad SMARTS) is 1. The largest absolute Gasteiger partial charge is 0.513 e. The van der Waals surface area contributed by atoms with Crippen LogP contribution in [0.25, 0.3) is 0 Å². The molecule has 0 amide bonds. The van der Waals surface area contributed by atoms with Crippen LogP contribution in [0, 0.1) is 6.92 Å². The minimum Gasteiger partial charge on any atom is -0.465 e. The molecule has 0 spiro atoms. The third kappa shape index (κ3) is 1.82. The number of hydrogen-bond acceptors (Lipinski definition) is 6. The fourth-order valence-electron chi connectivity index (χ4n) is 0.831. The van der Waals surface area contributed by atoms with Gasteiger partial charge in [-0.1, -0.05) is 5.16 Å². The molecule has 0 aliphatic heterocycles. The lowest BCUT2D eigenvalue weighted by molar-refractivity contribution is 0.0592. The Labute approximate surface area is 78.2 Å². The summed E-state index contributed by atoms with van der Waals surface area (Å²) in [5.74, 6) is -1.25. The van der Waals surface area contributed by atoms with Crippen molar-refractivity contribution < 1.29 is 28.7 Å². The van der Waals surface area contributed by atoms with Gasteiger partial charge in [0.15, 0.2) is 5.56 Å². The molecule has 14 heavy (non-hydrogen) atoms. The standard InChI is InChI=1S/C7H7NO6/c1-3-4(5(9)12-2)6(14-8-3)13-7(10)11/h1-2H3,(H,10,11). The highest BCUT2D eigenvalue weighted by atomic mass is 16.7. The van der Waals surface area contributed by atoms with Crippen molar-refractivity contribution in [2.75, 3.05) is 7.11 Å². The lowest BCUT2D eigenvalue weighted by Crippen LogP contribution is -2.08. The zero-order chi connectivity index (χ0) is 10.7. The lowest BCUT2D eigenvalue weighted by atomic mass is 10.2. The maximum absolute atomic E-state index is 11.1. The second kappa shape index (κ2) is 3.77. The van der Waals surface area contributed by atoms with E-state index < -0.39 is 18.1 Å². The van der Waals surface area contributed by atoms with Crippen LogP contribution in [-0.2, 0) is 4.74 Å². The molecular weight excluding hydrogens is 194 g/mol. The lowest BCUT2D eigenvalue weighted by Gasteiger charge is -1.97. The Kier molecular flexibility index (Phi) is 2.70. The number of ether oxygens (including phenoxy) is 2. The molecule has 1 heterocycles. The van der Waals surface area contributed by atoms with E-state index in [-0.39, 0.29) is 11.3 Å². The van der Waals surface area contributed by atoms with E-state index in [1.165, 1.54) is 6.92 Å². The first kappa shape index (κ1) is 10.0. The first-order valence-corrected chi connectivity index (χ1v) is 3.51. The van der Waals surface area contributed by atoms with Gasteiger partial charge in [0.25, 0.3) is 0 Å². The summed E-state index contributed by atoms with van der Waals surface area (Å²) in [5.41, 5.74) is 0.0722. The number of methoxy groups -OCH3 is 1. The highest BCUT2D eigenvalue weighted by molar-refractivity contribution is 5.93. The Bertz CT molecular complexity index is 368. The summed E-state index contributed by atoms with van der Waals surface area (Å²) in [6, 6.07) is 0. The number of carbonyl (C=O) groups is 2. The minimum atomic E-state index is -1.59. The Morgan fingerprint density at radius 1 is 1.50 bits per heavy atom. The van der Waals surface area contributed by atoms with Gasteiger partial charge in [0.05, 0.1) is 12.8 Å². The van der Waals surface area contributed by atoms with Crippen molar-refractivity contribution in [1.82, 2.24) is 5.16 Å². The third-order valence-electron chi connectivity index (χ3n) is 1.40. The van der Waals surface area contributed by atoms with Gasteiger partial charge in [-0.25, -0.2) is 9.59 Å². The van der Waals surface area contributed by atoms with Gasteiger partial charge >= 0.3 is 18.1 Å². The summed E-state index contributed by atoms with van der Waals surface area (Å²) in [6.45, 7) is 1.46. The van der Waals surface area contributed by atoms with E-state index in [2.05, 4.69) is 19.2 Å². The Morgan fingerprint density at radius 3 is 2.64 bits per heavy atom. The Morgan fingerprint density at radius 2 is 2.14 bits per heavy atom. The van der Waals surface area contributed by atoms with Crippen LogP contribution in [-0.4, -0.2) is 29.5 Å². The molecule has 76 valence electrons. The highest BCUT2D eigenvalue weighted by Gasteiger charge is 2.24. The Balaban J connectivity index is 3.05. The normalized spacial score (nSPS) is 9.57. The average molecular weight is 201 g/mol. The van der Waals surface area contributed by atoms with Gasteiger partial charge in [-0.2, -0.15) is 0 Å². The minimum absolute atomic E-state index is 0.130. The third-order valence-corrected chi connectivity index (χ3v) is 1.40. The molecule has 7 nitrogen and oxygen atoms in total. The smallest absolute Gasteiger partial charge is 0.465 e. The molecular formula is C7H7NO6. The van der Waals surface area contributed by atoms with E-state index >= 15 is 0 Å². The van der Waals surface area contributed by atoms with E-state index in [1.807, 2.05) is 0 Å². The molecule has 1 N–H and O–H groups in total. The molecule has 1 rings (SSSR count). The van der Waals surface area contributed by atoms with E-state index in [1.54, 1.807) is 0 Å². The molecule has 0 radical (unpaired) electrons. The average Bonchev–Trinajstić information content (AvgIpc) is 2.45. The molecule has 0 atom stereocenters. The van der Waals surface area contributed by atoms with Gasteiger partial charge in [-0.05, 0) is 6.92 Å². The zero-order valence-electron chi connectivity index (χ0n) is 7.44. The molecule has 0 saturated heterocycles. The van der Waals surface area contributed by atoms with Crippen LogP contribution in [0.1, 0.15) is 16.1 Å². The van der Waals surface area contributed by atoms with E-state index in [0.29, 0.717) is 0 Å². The van der Waals surface area contributed by atoms with Gasteiger partial charge in [0.2, 0.25) is 0 Å². The van der Waals surface area contributed by atoms with E-state index in [0.717, 1.165) is 7.11 Å². The molecule has 0 fully saturated rings. The highest BCUT2D eigenvalue weighted by Crippen LogP contribution is 2.22. The van der Waals surface area contributed by atoms with Gasteiger partial charge in [-0.3, -0.25) is 0 Å². The van der Waals surface area contributed by atoms with Crippen LogP contribution >= 0.6 is 0 Å². The number of esters is 1. The van der Waals surface area contributed by atoms with Crippen LogP contribution in [0.15, 0.2) is 4.52 Å². The zero-order valence-corrected chi connectivity index (χ0v) is 7.44. The van der Waals surface area contributed by atoms with Crippen molar-refractivity contribution in [2.45, 2.75) is 6.92 Å². The Hall–Kier alpha value is -2.05. The molecule has 1 aromatic rings. The number of aryl methyl sites for hydroxylation is 1. The van der Waals surface area contributed by atoms with E-state index in [9.17, 15) is 9.59 Å². The quantitative estimate of drug-likeness (QED) is 0.707. The predicted octanol–water partition coefficient (Wildman–Crippen LogP) is 0.826. The van der Waals surface area contributed by atoms with Crippen molar-refractivity contribution in [3.63, 3.8) is 0 Å². The maximum atomic E-state index is 11.1. The second-order valence-electron chi connectivity index (χ2n) is 2.29. The number of aromatic nitrogens is 1. The van der Waals surface area contributed by atoms with Crippen molar-refractivity contribution >= 4 is 12.1 Å². The first-order valence-electron chi connectivity index (χ1n) is 3.51. The molecule has 0 bridgehead atoms. The number of hydrogen-bond donors (Lipinski definition) is 1.